The minimum atomic E-state index is -0.282. The summed E-state index contributed by atoms with van der Waals surface area (Å²) in [5, 5.41) is 6.33. The molecule has 1 saturated heterocycles. The average Bonchev–Trinajstić information content (AvgIpc) is 2.73. The second-order valence-electron chi connectivity index (χ2n) is 7.21. The molecule has 7 nitrogen and oxygen atoms in total. The van der Waals surface area contributed by atoms with Crippen molar-refractivity contribution in [2.45, 2.75) is 39.3 Å². The number of anilines is 1. The van der Waals surface area contributed by atoms with Crippen LogP contribution >= 0.6 is 0 Å². The summed E-state index contributed by atoms with van der Waals surface area (Å²) >= 11 is 0. The first-order valence-corrected chi connectivity index (χ1v) is 10.0. The van der Waals surface area contributed by atoms with E-state index < -0.39 is 0 Å². The van der Waals surface area contributed by atoms with Gasteiger partial charge < -0.3 is 20.3 Å². The maximum atomic E-state index is 12.6. The van der Waals surface area contributed by atoms with Crippen LogP contribution in [0.15, 0.2) is 42.6 Å². The molecule has 0 unspecified atom stereocenters. The summed E-state index contributed by atoms with van der Waals surface area (Å²) in [4.78, 5) is 30.4. The van der Waals surface area contributed by atoms with Gasteiger partial charge in [-0.3, -0.25) is 4.79 Å². The third-order valence-electron chi connectivity index (χ3n) is 4.93. The number of aryl methyl sites for hydroxylation is 1. The largest absolute Gasteiger partial charge is 0.450 e. The van der Waals surface area contributed by atoms with Gasteiger partial charge in [-0.2, -0.15) is 0 Å². The number of pyridine rings is 1. The third-order valence-corrected chi connectivity index (χ3v) is 4.93. The Morgan fingerprint density at radius 1 is 1.21 bits per heavy atom. The van der Waals surface area contributed by atoms with Crippen LogP contribution in [-0.4, -0.2) is 47.6 Å². The lowest BCUT2D eigenvalue weighted by Crippen LogP contribution is -2.46. The third kappa shape index (κ3) is 5.94. The van der Waals surface area contributed by atoms with E-state index in [1.807, 2.05) is 6.07 Å². The molecule has 154 valence electrons. The van der Waals surface area contributed by atoms with Crippen LogP contribution in [0.5, 0.6) is 0 Å². The van der Waals surface area contributed by atoms with Crippen molar-refractivity contribution in [3.8, 4) is 0 Å². The highest BCUT2D eigenvalue weighted by Crippen LogP contribution is 2.14. The molecule has 0 bridgehead atoms. The van der Waals surface area contributed by atoms with E-state index in [4.69, 9.17) is 4.74 Å². The molecule has 1 aromatic heterocycles. The van der Waals surface area contributed by atoms with Crippen LogP contribution in [0.25, 0.3) is 0 Å². The van der Waals surface area contributed by atoms with Crippen molar-refractivity contribution in [3.63, 3.8) is 0 Å². The van der Waals surface area contributed by atoms with E-state index in [0.29, 0.717) is 50.5 Å². The zero-order valence-electron chi connectivity index (χ0n) is 17.0. The summed E-state index contributed by atoms with van der Waals surface area (Å²) in [7, 11) is 0. The molecular formula is C22H28N4O3. The molecule has 7 heteroatoms. The van der Waals surface area contributed by atoms with Crippen LogP contribution < -0.4 is 10.6 Å². The molecule has 1 aliphatic heterocycles. The zero-order valence-corrected chi connectivity index (χ0v) is 17.0. The quantitative estimate of drug-likeness (QED) is 0.782. The van der Waals surface area contributed by atoms with E-state index in [-0.39, 0.29) is 18.0 Å². The zero-order chi connectivity index (χ0) is 20.6. The summed E-state index contributed by atoms with van der Waals surface area (Å²) in [5.41, 5.74) is 2.94. The predicted octanol–water partition coefficient (Wildman–Crippen LogP) is 3.35. The van der Waals surface area contributed by atoms with Crippen LogP contribution in [0.1, 0.15) is 41.3 Å². The maximum absolute atomic E-state index is 12.6. The van der Waals surface area contributed by atoms with Crippen LogP contribution in [0.3, 0.4) is 0 Å². The monoisotopic (exact) mass is 396 g/mol. The van der Waals surface area contributed by atoms with Crippen LogP contribution in [0.2, 0.25) is 0 Å². The molecule has 29 heavy (non-hydrogen) atoms. The molecule has 2 heterocycles. The first-order valence-electron chi connectivity index (χ1n) is 10.0. The molecule has 1 aliphatic rings. The first kappa shape index (κ1) is 20.6. The number of hydrogen-bond acceptors (Lipinski definition) is 5. The second kappa shape index (κ2) is 9.91. The Morgan fingerprint density at radius 3 is 2.72 bits per heavy atom. The van der Waals surface area contributed by atoms with Crippen molar-refractivity contribution in [1.82, 2.24) is 15.2 Å². The summed E-state index contributed by atoms with van der Waals surface area (Å²) in [6.07, 6.45) is 2.79. The Labute approximate surface area is 171 Å². The van der Waals surface area contributed by atoms with Gasteiger partial charge in [0.1, 0.15) is 5.82 Å². The molecule has 2 N–H and O–H groups in total. The standard InChI is InChI=1S/C22H28N4O3/c1-3-29-22(28)26-11-8-19(9-12-26)25-21(27)18-7-10-23-20(14-18)24-15-17-6-4-5-16(2)13-17/h4-7,10,13-14,19H,3,8-9,11-12,15H2,1-2H3,(H,23,24)(H,25,27). The van der Waals surface area contributed by atoms with Crippen LogP contribution in [0, 0.1) is 6.92 Å². The molecule has 2 aromatic rings. The van der Waals surface area contributed by atoms with Crippen molar-refractivity contribution < 1.29 is 14.3 Å². The fraction of sp³-hybridized carbons (Fsp3) is 0.409. The Morgan fingerprint density at radius 2 is 2.00 bits per heavy atom. The van der Waals surface area contributed by atoms with Gasteiger partial charge in [0.25, 0.3) is 5.91 Å². The van der Waals surface area contributed by atoms with E-state index in [1.165, 1.54) is 5.56 Å². The molecule has 0 aliphatic carbocycles. The minimum absolute atomic E-state index is 0.0463. The van der Waals surface area contributed by atoms with Gasteiger partial charge >= 0.3 is 6.09 Å². The van der Waals surface area contributed by atoms with E-state index in [0.717, 1.165) is 5.56 Å². The molecule has 0 atom stereocenters. The number of carbonyl (C=O) groups excluding carboxylic acids is 2. The number of hydrogen-bond donors (Lipinski definition) is 2. The Balaban J connectivity index is 1.51. The summed E-state index contributed by atoms with van der Waals surface area (Å²) in [5.74, 6) is 0.539. The SMILES string of the molecule is CCOC(=O)N1CCC(NC(=O)c2ccnc(NCc3cccc(C)c3)c2)CC1. The lowest BCUT2D eigenvalue weighted by Gasteiger charge is -2.31. The fourth-order valence-corrected chi connectivity index (χ4v) is 3.37. The van der Waals surface area contributed by atoms with Gasteiger partial charge in [0.15, 0.2) is 0 Å². The highest BCUT2D eigenvalue weighted by atomic mass is 16.6. The number of likely N-dealkylation sites (tertiary alicyclic amines) is 1. The number of benzene rings is 1. The van der Waals surface area contributed by atoms with Gasteiger partial charge in [0.2, 0.25) is 0 Å². The molecule has 1 fully saturated rings. The molecule has 1 aromatic carbocycles. The highest BCUT2D eigenvalue weighted by molar-refractivity contribution is 5.95. The number of amides is 2. The summed E-state index contributed by atoms with van der Waals surface area (Å²) in [6, 6.07) is 11.8. The molecular weight excluding hydrogens is 368 g/mol. The molecule has 2 amide bonds. The van der Waals surface area contributed by atoms with E-state index in [1.54, 1.807) is 30.2 Å². The lowest BCUT2D eigenvalue weighted by molar-refractivity contribution is 0.0860. The molecule has 3 rings (SSSR count). The van der Waals surface area contributed by atoms with E-state index in [2.05, 4.69) is 40.7 Å². The molecule has 0 radical (unpaired) electrons. The predicted molar refractivity (Wildman–Crippen MR) is 112 cm³/mol. The van der Waals surface area contributed by atoms with Crippen molar-refractivity contribution in [1.29, 1.82) is 0 Å². The van der Waals surface area contributed by atoms with Crippen molar-refractivity contribution in [2.75, 3.05) is 25.0 Å². The Kier molecular flexibility index (Phi) is 7.05. The number of aromatic nitrogens is 1. The van der Waals surface area contributed by atoms with Gasteiger partial charge in [0.05, 0.1) is 6.61 Å². The van der Waals surface area contributed by atoms with Crippen LogP contribution in [0.4, 0.5) is 10.6 Å². The van der Waals surface area contributed by atoms with E-state index in [9.17, 15) is 9.59 Å². The smallest absolute Gasteiger partial charge is 0.409 e. The summed E-state index contributed by atoms with van der Waals surface area (Å²) < 4.78 is 5.03. The first-order chi connectivity index (χ1) is 14.0. The lowest BCUT2D eigenvalue weighted by atomic mass is 10.0. The second-order valence-corrected chi connectivity index (χ2v) is 7.21. The maximum Gasteiger partial charge on any atom is 0.409 e. The number of nitrogens with one attached hydrogen (secondary N) is 2. The molecule has 0 saturated carbocycles. The van der Waals surface area contributed by atoms with Crippen molar-refractivity contribution in [2.24, 2.45) is 0 Å². The Hall–Kier alpha value is -3.09. The van der Waals surface area contributed by atoms with Crippen molar-refractivity contribution >= 4 is 17.8 Å². The number of nitrogens with zero attached hydrogens (tertiary/aromatic N) is 2. The van der Waals surface area contributed by atoms with Gasteiger partial charge in [-0.25, -0.2) is 9.78 Å². The highest BCUT2D eigenvalue weighted by Gasteiger charge is 2.24. The number of carbonyl (C=O) groups is 2. The topological polar surface area (TPSA) is 83.6 Å². The number of rotatable bonds is 6. The number of ether oxygens (including phenoxy) is 1. The number of piperidine rings is 1. The van der Waals surface area contributed by atoms with E-state index >= 15 is 0 Å². The van der Waals surface area contributed by atoms with Gasteiger partial charge in [-0.1, -0.05) is 29.8 Å². The molecule has 0 spiro atoms. The van der Waals surface area contributed by atoms with Crippen LogP contribution in [-0.2, 0) is 11.3 Å². The van der Waals surface area contributed by atoms with Gasteiger partial charge in [-0.05, 0) is 44.4 Å². The van der Waals surface area contributed by atoms with Crippen molar-refractivity contribution in [3.05, 3.63) is 59.3 Å². The normalized spacial score (nSPS) is 14.3. The van der Waals surface area contributed by atoms with Gasteiger partial charge in [-0.15, -0.1) is 0 Å². The average molecular weight is 396 g/mol. The minimum Gasteiger partial charge on any atom is -0.450 e. The summed E-state index contributed by atoms with van der Waals surface area (Å²) in [6.45, 7) is 6.05. The van der Waals surface area contributed by atoms with Gasteiger partial charge in [0, 0.05) is 37.4 Å². The Bertz CT molecular complexity index is 847. The fourth-order valence-electron chi connectivity index (χ4n) is 3.37.